The first kappa shape index (κ1) is 20.8. The highest BCUT2D eigenvalue weighted by Crippen LogP contribution is 2.26. The van der Waals surface area contributed by atoms with Gasteiger partial charge in [-0.2, -0.15) is 4.31 Å². The van der Waals surface area contributed by atoms with E-state index in [1.54, 1.807) is 23.2 Å². The van der Waals surface area contributed by atoms with Crippen LogP contribution in [0.5, 0.6) is 0 Å². The summed E-state index contributed by atoms with van der Waals surface area (Å²) in [6.45, 7) is 6.93. The van der Waals surface area contributed by atoms with Gasteiger partial charge in [-0.15, -0.1) is 11.8 Å². The van der Waals surface area contributed by atoms with Crippen molar-refractivity contribution in [3.63, 3.8) is 0 Å². The number of nitrogens with zero attached hydrogens (tertiary/aromatic N) is 3. The lowest BCUT2D eigenvalue weighted by Crippen LogP contribution is -2.50. The van der Waals surface area contributed by atoms with E-state index in [-0.39, 0.29) is 19.0 Å². The van der Waals surface area contributed by atoms with Crippen LogP contribution in [0, 0.1) is 20.8 Å². The average molecular weight is 420 g/mol. The first-order valence-corrected chi connectivity index (χ1v) is 11.8. The number of pyridine rings is 1. The number of rotatable bonds is 4. The van der Waals surface area contributed by atoms with Gasteiger partial charge in [-0.25, -0.2) is 13.4 Å². The van der Waals surface area contributed by atoms with Gasteiger partial charge in [-0.05, 0) is 50.3 Å². The van der Waals surface area contributed by atoms with Crippen molar-refractivity contribution in [2.75, 3.05) is 32.4 Å². The summed E-state index contributed by atoms with van der Waals surface area (Å²) in [4.78, 5) is 19.2. The monoisotopic (exact) mass is 419 g/mol. The van der Waals surface area contributed by atoms with Crippen molar-refractivity contribution in [3.8, 4) is 0 Å². The Hall–Kier alpha value is -1.90. The molecule has 0 saturated carbocycles. The van der Waals surface area contributed by atoms with E-state index in [1.807, 2.05) is 39.2 Å². The Balaban J connectivity index is 1.77. The maximum atomic E-state index is 13.2. The molecule has 2 heterocycles. The molecule has 1 aliphatic heterocycles. The van der Waals surface area contributed by atoms with Crippen LogP contribution in [-0.4, -0.2) is 60.9 Å². The molecule has 1 aromatic carbocycles. The predicted molar refractivity (Wildman–Crippen MR) is 111 cm³/mol. The summed E-state index contributed by atoms with van der Waals surface area (Å²) in [5.41, 5.74) is 3.13. The van der Waals surface area contributed by atoms with Crippen LogP contribution in [0.2, 0.25) is 0 Å². The topological polar surface area (TPSA) is 70.6 Å². The number of thioether (sulfide) groups is 1. The lowest BCUT2D eigenvalue weighted by molar-refractivity contribution is 0.0693. The first-order valence-electron chi connectivity index (χ1n) is 9.12. The maximum absolute atomic E-state index is 13.2. The summed E-state index contributed by atoms with van der Waals surface area (Å²) >= 11 is 1.43. The maximum Gasteiger partial charge on any atom is 0.256 e. The zero-order valence-corrected chi connectivity index (χ0v) is 18.2. The van der Waals surface area contributed by atoms with Crippen molar-refractivity contribution in [2.45, 2.75) is 30.7 Å². The van der Waals surface area contributed by atoms with Gasteiger partial charge in [0.1, 0.15) is 5.03 Å². The summed E-state index contributed by atoms with van der Waals surface area (Å²) in [7, 11) is -3.59. The minimum Gasteiger partial charge on any atom is -0.336 e. The number of carbonyl (C=O) groups excluding carboxylic acids is 1. The number of benzene rings is 1. The number of aromatic nitrogens is 1. The molecule has 3 rings (SSSR count). The normalized spacial score (nSPS) is 15.6. The van der Waals surface area contributed by atoms with Gasteiger partial charge in [0.2, 0.25) is 10.0 Å². The van der Waals surface area contributed by atoms with E-state index < -0.39 is 10.0 Å². The highest BCUT2D eigenvalue weighted by atomic mass is 32.2. The summed E-state index contributed by atoms with van der Waals surface area (Å²) in [6, 6.07) is 7.30. The molecule has 0 radical (unpaired) electrons. The van der Waals surface area contributed by atoms with Crippen LogP contribution >= 0.6 is 11.8 Å². The Labute approximate surface area is 171 Å². The molecule has 1 amide bonds. The second-order valence-electron chi connectivity index (χ2n) is 6.98. The van der Waals surface area contributed by atoms with E-state index >= 15 is 0 Å². The summed E-state index contributed by atoms with van der Waals surface area (Å²) in [5, 5.41) is 0.688. The van der Waals surface area contributed by atoms with Crippen molar-refractivity contribution < 1.29 is 13.2 Å². The van der Waals surface area contributed by atoms with E-state index in [0.29, 0.717) is 28.6 Å². The molecular weight excluding hydrogens is 394 g/mol. The average Bonchev–Trinajstić information content (AvgIpc) is 2.66. The number of sulfonamides is 1. The fraction of sp³-hybridized carbons (Fsp3) is 0.400. The summed E-state index contributed by atoms with van der Waals surface area (Å²) < 4.78 is 27.9. The first-order chi connectivity index (χ1) is 13.3. The minimum absolute atomic E-state index is 0.0998. The fourth-order valence-electron chi connectivity index (χ4n) is 3.72. The van der Waals surface area contributed by atoms with Crippen LogP contribution in [0.3, 0.4) is 0 Å². The molecular formula is C20H25N3O3S2. The van der Waals surface area contributed by atoms with E-state index in [4.69, 9.17) is 0 Å². The van der Waals surface area contributed by atoms with Crippen LogP contribution in [-0.2, 0) is 10.0 Å². The Morgan fingerprint density at radius 1 is 1.07 bits per heavy atom. The van der Waals surface area contributed by atoms with Gasteiger partial charge in [0.15, 0.2) is 0 Å². The van der Waals surface area contributed by atoms with Crippen LogP contribution in [0.15, 0.2) is 40.4 Å². The van der Waals surface area contributed by atoms with Crippen molar-refractivity contribution in [2.24, 2.45) is 0 Å². The van der Waals surface area contributed by atoms with Crippen LogP contribution in [0.4, 0.5) is 0 Å². The van der Waals surface area contributed by atoms with Crippen LogP contribution < -0.4 is 0 Å². The number of amides is 1. The zero-order valence-electron chi connectivity index (χ0n) is 16.6. The third-order valence-corrected chi connectivity index (χ3v) is 7.84. The van der Waals surface area contributed by atoms with Gasteiger partial charge in [-0.1, -0.05) is 17.7 Å². The molecule has 0 spiro atoms. The molecule has 1 fully saturated rings. The number of hydrogen-bond acceptors (Lipinski definition) is 5. The smallest absolute Gasteiger partial charge is 0.256 e. The third kappa shape index (κ3) is 3.94. The molecule has 0 aliphatic carbocycles. The lowest BCUT2D eigenvalue weighted by Gasteiger charge is -2.34. The predicted octanol–water partition coefficient (Wildman–Crippen LogP) is 2.88. The van der Waals surface area contributed by atoms with E-state index in [1.165, 1.54) is 16.1 Å². The van der Waals surface area contributed by atoms with Crippen molar-refractivity contribution in [3.05, 3.63) is 52.7 Å². The Bertz CT molecular complexity index is 975. The quantitative estimate of drug-likeness (QED) is 0.713. The van der Waals surface area contributed by atoms with Crippen molar-refractivity contribution in [1.29, 1.82) is 0 Å². The van der Waals surface area contributed by atoms with Gasteiger partial charge in [-0.3, -0.25) is 4.79 Å². The minimum atomic E-state index is -3.59. The Morgan fingerprint density at radius 2 is 1.68 bits per heavy atom. The van der Waals surface area contributed by atoms with Crippen LogP contribution in [0.25, 0.3) is 0 Å². The SMILES string of the molecule is CSc1ncccc1C(=O)N1CCN(S(=O)(=O)c2c(C)cc(C)cc2C)CC1. The second-order valence-corrected chi connectivity index (χ2v) is 9.65. The molecule has 1 aromatic heterocycles. The summed E-state index contributed by atoms with van der Waals surface area (Å²) in [5.74, 6) is -0.0998. The van der Waals surface area contributed by atoms with E-state index in [2.05, 4.69) is 4.98 Å². The van der Waals surface area contributed by atoms with Gasteiger partial charge < -0.3 is 4.90 Å². The molecule has 0 unspecified atom stereocenters. The largest absolute Gasteiger partial charge is 0.336 e. The number of aryl methyl sites for hydroxylation is 3. The molecule has 150 valence electrons. The fourth-order valence-corrected chi connectivity index (χ4v) is 6.10. The molecule has 8 heteroatoms. The molecule has 6 nitrogen and oxygen atoms in total. The lowest BCUT2D eigenvalue weighted by atomic mass is 10.1. The van der Waals surface area contributed by atoms with E-state index in [0.717, 1.165) is 16.7 Å². The third-order valence-electron chi connectivity index (χ3n) is 4.92. The number of hydrogen-bond donors (Lipinski definition) is 0. The van der Waals surface area contributed by atoms with E-state index in [9.17, 15) is 13.2 Å². The summed E-state index contributed by atoms with van der Waals surface area (Å²) in [6.07, 6.45) is 3.55. The number of carbonyl (C=O) groups is 1. The zero-order chi connectivity index (χ0) is 20.5. The Morgan fingerprint density at radius 3 is 2.25 bits per heavy atom. The van der Waals surface area contributed by atoms with Gasteiger partial charge in [0, 0.05) is 32.4 Å². The molecule has 0 N–H and O–H groups in total. The van der Waals surface area contributed by atoms with Gasteiger partial charge in [0.25, 0.3) is 5.91 Å². The molecule has 0 bridgehead atoms. The standard InChI is InChI=1S/C20H25N3O3S2/c1-14-12-15(2)18(16(3)13-14)28(25,26)23-10-8-22(9-11-23)20(24)17-6-5-7-21-19(17)27-4/h5-7,12-13H,8-11H2,1-4H3. The van der Waals surface area contributed by atoms with Crippen LogP contribution in [0.1, 0.15) is 27.0 Å². The molecule has 1 aliphatic rings. The molecule has 28 heavy (non-hydrogen) atoms. The number of piperazine rings is 1. The highest BCUT2D eigenvalue weighted by Gasteiger charge is 2.32. The van der Waals surface area contributed by atoms with Crippen molar-refractivity contribution >= 4 is 27.7 Å². The molecule has 2 aromatic rings. The van der Waals surface area contributed by atoms with Gasteiger partial charge >= 0.3 is 0 Å². The second kappa shape index (κ2) is 8.23. The van der Waals surface area contributed by atoms with Crippen molar-refractivity contribution in [1.82, 2.24) is 14.2 Å². The molecule has 1 saturated heterocycles. The Kier molecular flexibility index (Phi) is 6.12. The highest BCUT2D eigenvalue weighted by molar-refractivity contribution is 7.98. The van der Waals surface area contributed by atoms with Gasteiger partial charge in [0.05, 0.1) is 10.5 Å². The molecule has 0 atom stereocenters.